The van der Waals surface area contributed by atoms with Crippen LogP contribution in [0.5, 0.6) is 0 Å². The van der Waals surface area contributed by atoms with Crippen molar-refractivity contribution in [1.82, 2.24) is 14.3 Å². The highest BCUT2D eigenvalue weighted by molar-refractivity contribution is 7.87. The first-order valence-electron chi connectivity index (χ1n) is 8.60. The minimum Gasteiger partial charge on any atom is -0.315 e. The molecule has 1 unspecified atom stereocenters. The lowest BCUT2D eigenvalue weighted by Gasteiger charge is -2.34. The Balaban J connectivity index is 1.78. The number of piperidine rings is 1. The summed E-state index contributed by atoms with van der Waals surface area (Å²) in [6.07, 6.45) is 8.98. The summed E-state index contributed by atoms with van der Waals surface area (Å²) in [6, 6.07) is 0.117. The van der Waals surface area contributed by atoms with Crippen molar-refractivity contribution in [1.29, 1.82) is 0 Å². The maximum Gasteiger partial charge on any atom is 0.279 e. The zero-order chi connectivity index (χ0) is 15.1. The van der Waals surface area contributed by atoms with E-state index in [-0.39, 0.29) is 6.04 Å². The average Bonchev–Trinajstić information content (AvgIpc) is 3.29. The van der Waals surface area contributed by atoms with Gasteiger partial charge in [-0.15, -0.1) is 0 Å². The van der Waals surface area contributed by atoms with Gasteiger partial charge in [-0.2, -0.15) is 12.7 Å². The summed E-state index contributed by atoms with van der Waals surface area (Å²) < 4.78 is 29.4. The van der Waals surface area contributed by atoms with E-state index in [4.69, 9.17) is 0 Å². The van der Waals surface area contributed by atoms with Crippen LogP contribution in [0.2, 0.25) is 0 Å². The number of hydrogen-bond acceptors (Lipinski definition) is 3. The molecule has 0 radical (unpaired) electrons. The molecule has 1 heterocycles. The van der Waals surface area contributed by atoms with Crippen molar-refractivity contribution in [3.8, 4) is 0 Å². The predicted octanol–water partition coefficient (Wildman–Crippen LogP) is 1.87. The maximum atomic E-state index is 12.5. The Morgan fingerprint density at radius 3 is 2.67 bits per heavy atom. The van der Waals surface area contributed by atoms with E-state index >= 15 is 0 Å². The molecule has 0 amide bonds. The normalized spacial score (nSPS) is 24.3. The van der Waals surface area contributed by atoms with Gasteiger partial charge in [-0.3, -0.25) is 0 Å². The first-order valence-corrected chi connectivity index (χ1v) is 10.0. The molecule has 2 aliphatic rings. The van der Waals surface area contributed by atoms with Gasteiger partial charge in [-0.25, -0.2) is 4.72 Å². The Morgan fingerprint density at radius 1 is 1.14 bits per heavy atom. The summed E-state index contributed by atoms with van der Waals surface area (Å²) in [5.41, 5.74) is 0. The Kier molecular flexibility index (Phi) is 6.92. The monoisotopic (exact) mass is 317 g/mol. The molecule has 1 aliphatic heterocycles. The lowest BCUT2D eigenvalue weighted by atomic mass is 10.1. The summed E-state index contributed by atoms with van der Waals surface area (Å²) in [7, 11) is -3.30. The van der Waals surface area contributed by atoms with Gasteiger partial charge >= 0.3 is 0 Å². The fourth-order valence-corrected chi connectivity index (χ4v) is 4.53. The minimum atomic E-state index is -3.30. The molecule has 5 nitrogen and oxygen atoms in total. The summed E-state index contributed by atoms with van der Waals surface area (Å²) in [5, 5.41) is 3.36. The first-order chi connectivity index (χ1) is 10.1. The molecule has 1 saturated carbocycles. The van der Waals surface area contributed by atoms with Gasteiger partial charge in [0.15, 0.2) is 0 Å². The smallest absolute Gasteiger partial charge is 0.279 e. The van der Waals surface area contributed by atoms with Gasteiger partial charge in [0.25, 0.3) is 10.2 Å². The van der Waals surface area contributed by atoms with Crippen molar-refractivity contribution in [2.45, 2.75) is 64.3 Å². The molecule has 2 fully saturated rings. The predicted molar refractivity (Wildman–Crippen MR) is 86.4 cm³/mol. The van der Waals surface area contributed by atoms with Crippen LogP contribution in [0.15, 0.2) is 0 Å². The lowest BCUT2D eigenvalue weighted by molar-refractivity contribution is 0.243. The van der Waals surface area contributed by atoms with Crippen molar-refractivity contribution in [2.75, 3.05) is 26.2 Å². The minimum absolute atomic E-state index is 0.117. The van der Waals surface area contributed by atoms with Crippen LogP contribution >= 0.6 is 0 Å². The molecule has 0 aromatic heterocycles. The standard InChI is InChI=1S/C15H31N3O2S/c1-2-10-16-13-15-7-3-4-12-18(15)21(19,20)17-11-5-6-14-8-9-14/h14-17H,2-13H2,1H3. The van der Waals surface area contributed by atoms with E-state index < -0.39 is 10.2 Å². The van der Waals surface area contributed by atoms with E-state index in [2.05, 4.69) is 17.0 Å². The Labute approximate surface area is 130 Å². The maximum absolute atomic E-state index is 12.5. The molecule has 0 aromatic rings. The molecule has 21 heavy (non-hydrogen) atoms. The second kappa shape index (κ2) is 8.46. The highest BCUT2D eigenvalue weighted by atomic mass is 32.2. The highest BCUT2D eigenvalue weighted by Gasteiger charge is 2.31. The van der Waals surface area contributed by atoms with E-state index in [9.17, 15) is 8.42 Å². The van der Waals surface area contributed by atoms with E-state index in [1.54, 1.807) is 4.31 Å². The van der Waals surface area contributed by atoms with Gasteiger partial charge in [-0.05, 0) is 44.6 Å². The molecule has 6 heteroatoms. The zero-order valence-electron chi connectivity index (χ0n) is 13.3. The van der Waals surface area contributed by atoms with E-state index in [1.165, 1.54) is 19.3 Å². The molecule has 1 aliphatic carbocycles. The van der Waals surface area contributed by atoms with Gasteiger partial charge in [0.05, 0.1) is 0 Å². The Hall–Kier alpha value is -0.170. The van der Waals surface area contributed by atoms with Crippen LogP contribution in [-0.2, 0) is 10.2 Å². The van der Waals surface area contributed by atoms with Crippen LogP contribution in [0.3, 0.4) is 0 Å². The zero-order valence-corrected chi connectivity index (χ0v) is 14.1. The second-order valence-corrected chi connectivity index (χ2v) is 8.16. The molecule has 0 spiro atoms. The van der Waals surface area contributed by atoms with Crippen LogP contribution in [0.4, 0.5) is 0 Å². The van der Waals surface area contributed by atoms with E-state index in [0.29, 0.717) is 13.1 Å². The molecular weight excluding hydrogens is 286 g/mol. The largest absolute Gasteiger partial charge is 0.315 e. The van der Waals surface area contributed by atoms with E-state index in [1.807, 2.05) is 0 Å². The van der Waals surface area contributed by atoms with E-state index in [0.717, 1.165) is 51.1 Å². The van der Waals surface area contributed by atoms with Crippen LogP contribution in [0.25, 0.3) is 0 Å². The number of hydrogen-bond donors (Lipinski definition) is 2. The lowest BCUT2D eigenvalue weighted by Crippen LogP contribution is -2.52. The van der Waals surface area contributed by atoms with Gasteiger partial charge in [0.2, 0.25) is 0 Å². The summed E-state index contributed by atoms with van der Waals surface area (Å²) in [5.74, 6) is 0.871. The number of rotatable bonds is 10. The third-order valence-corrected chi connectivity index (χ3v) is 6.13. The molecule has 1 saturated heterocycles. The summed E-state index contributed by atoms with van der Waals surface area (Å²) in [4.78, 5) is 0. The van der Waals surface area contributed by atoms with Crippen molar-refractivity contribution in [2.24, 2.45) is 5.92 Å². The van der Waals surface area contributed by atoms with Crippen LogP contribution in [0, 0.1) is 5.92 Å². The summed E-state index contributed by atoms with van der Waals surface area (Å²) >= 11 is 0. The first kappa shape index (κ1) is 17.2. The molecule has 2 N–H and O–H groups in total. The SMILES string of the molecule is CCCNCC1CCCCN1S(=O)(=O)NCCCC1CC1. The third-order valence-electron chi connectivity index (χ3n) is 4.46. The van der Waals surface area contributed by atoms with Crippen molar-refractivity contribution < 1.29 is 8.42 Å². The van der Waals surface area contributed by atoms with Crippen LogP contribution in [0.1, 0.15) is 58.3 Å². The van der Waals surface area contributed by atoms with Crippen molar-refractivity contribution in [3.05, 3.63) is 0 Å². The Bertz CT molecular complexity index is 396. The van der Waals surface area contributed by atoms with Crippen molar-refractivity contribution in [3.63, 3.8) is 0 Å². The van der Waals surface area contributed by atoms with Gasteiger partial charge in [0, 0.05) is 25.7 Å². The topological polar surface area (TPSA) is 61.4 Å². The van der Waals surface area contributed by atoms with Gasteiger partial charge < -0.3 is 5.32 Å². The fourth-order valence-electron chi connectivity index (χ4n) is 3.02. The molecule has 0 bridgehead atoms. The Morgan fingerprint density at radius 2 is 1.95 bits per heavy atom. The molecule has 2 rings (SSSR count). The number of nitrogens with one attached hydrogen (secondary N) is 2. The third kappa shape index (κ3) is 5.85. The average molecular weight is 317 g/mol. The summed E-state index contributed by atoms with van der Waals surface area (Å²) in [6.45, 7) is 5.11. The molecular formula is C15H31N3O2S. The second-order valence-electron chi connectivity index (χ2n) is 6.45. The fraction of sp³-hybridized carbons (Fsp3) is 1.00. The number of nitrogens with zero attached hydrogens (tertiary/aromatic N) is 1. The van der Waals surface area contributed by atoms with Gasteiger partial charge in [0.1, 0.15) is 0 Å². The van der Waals surface area contributed by atoms with Crippen LogP contribution in [-0.4, -0.2) is 44.9 Å². The quantitative estimate of drug-likeness (QED) is 0.605. The highest BCUT2D eigenvalue weighted by Crippen LogP contribution is 2.33. The molecule has 0 aromatic carbocycles. The van der Waals surface area contributed by atoms with Gasteiger partial charge in [-0.1, -0.05) is 26.2 Å². The molecule has 1 atom stereocenters. The van der Waals surface area contributed by atoms with Crippen molar-refractivity contribution >= 4 is 10.2 Å². The molecule has 124 valence electrons. The van der Waals surface area contributed by atoms with Crippen LogP contribution < -0.4 is 10.0 Å².